The molecule has 1 aromatic carbocycles. The molecular weight excluding hydrogens is 357 g/mol. The highest BCUT2D eigenvalue weighted by molar-refractivity contribution is 5.88. The van der Waals surface area contributed by atoms with Gasteiger partial charge in [-0.05, 0) is 36.0 Å². The second kappa shape index (κ2) is 6.77. The zero-order valence-electron chi connectivity index (χ0n) is 14.2. The van der Waals surface area contributed by atoms with E-state index in [1.807, 2.05) is 18.2 Å². The minimum atomic E-state index is -4.49. The Morgan fingerprint density at radius 2 is 2.07 bits per heavy atom. The van der Waals surface area contributed by atoms with Crippen molar-refractivity contribution in [2.75, 3.05) is 6.61 Å². The molecule has 0 fully saturated rings. The number of aromatic amines is 1. The molecule has 0 saturated carbocycles. The molecule has 1 aliphatic rings. The first kappa shape index (κ1) is 17.7. The summed E-state index contributed by atoms with van der Waals surface area (Å²) in [7, 11) is 0. The zero-order chi connectivity index (χ0) is 19.0. The molecule has 2 aromatic heterocycles. The number of halogens is 3. The first-order valence-corrected chi connectivity index (χ1v) is 8.61. The van der Waals surface area contributed by atoms with E-state index in [9.17, 15) is 18.3 Å². The Kier molecular flexibility index (Phi) is 4.43. The summed E-state index contributed by atoms with van der Waals surface area (Å²) in [5, 5.41) is 9.95. The monoisotopic (exact) mass is 374 g/mol. The Morgan fingerprint density at radius 1 is 1.26 bits per heavy atom. The fraction of sp³-hybridized carbons (Fsp3) is 0.316. The average molecular weight is 374 g/mol. The van der Waals surface area contributed by atoms with E-state index >= 15 is 0 Å². The highest BCUT2D eigenvalue weighted by atomic mass is 19.4. The highest BCUT2D eigenvalue weighted by Gasteiger charge is 2.33. The minimum Gasteiger partial charge on any atom is -0.396 e. The van der Waals surface area contributed by atoms with E-state index in [-0.39, 0.29) is 35.3 Å². The summed E-state index contributed by atoms with van der Waals surface area (Å²) in [5.41, 5.74) is 1.49. The van der Waals surface area contributed by atoms with E-state index in [4.69, 9.17) is 0 Å². The fourth-order valence-electron chi connectivity index (χ4n) is 3.60. The lowest BCUT2D eigenvalue weighted by Crippen LogP contribution is -2.24. The molecule has 2 atom stereocenters. The van der Waals surface area contributed by atoms with Crippen molar-refractivity contribution in [3.63, 3.8) is 0 Å². The second-order valence-corrected chi connectivity index (χ2v) is 6.62. The maximum Gasteiger partial charge on any atom is 0.431 e. The molecular formula is C19H17F3N4O. The molecule has 8 heteroatoms. The van der Waals surface area contributed by atoms with Crippen LogP contribution in [0.2, 0.25) is 0 Å². The van der Waals surface area contributed by atoms with Crippen LogP contribution in [0.15, 0.2) is 41.7 Å². The van der Waals surface area contributed by atoms with E-state index < -0.39 is 11.9 Å². The van der Waals surface area contributed by atoms with Crippen LogP contribution in [0.5, 0.6) is 0 Å². The van der Waals surface area contributed by atoms with Gasteiger partial charge in [0.2, 0.25) is 0 Å². The van der Waals surface area contributed by atoms with Crippen LogP contribution in [0.1, 0.15) is 29.2 Å². The summed E-state index contributed by atoms with van der Waals surface area (Å²) in [6.45, 7) is 0.0204. The number of H-pyrrole nitrogens is 1. The molecule has 0 aliphatic heterocycles. The molecule has 0 saturated heterocycles. The fourth-order valence-corrected chi connectivity index (χ4v) is 3.60. The van der Waals surface area contributed by atoms with Gasteiger partial charge in [-0.1, -0.05) is 24.3 Å². The lowest BCUT2D eigenvalue weighted by Gasteiger charge is -2.30. The number of aryl methyl sites for hydroxylation is 1. The van der Waals surface area contributed by atoms with Crippen LogP contribution in [-0.2, 0) is 12.6 Å². The van der Waals surface area contributed by atoms with Gasteiger partial charge < -0.3 is 10.1 Å². The number of benzene rings is 1. The van der Waals surface area contributed by atoms with Crippen LogP contribution in [-0.4, -0.2) is 32.9 Å². The van der Waals surface area contributed by atoms with Gasteiger partial charge in [0.05, 0.1) is 5.39 Å². The van der Waals surface area contributed by atoms with E-state index in [1.165, 1.54) is 11.9 Å². The standard InChI is InChI=1S/C19H17F3N4O/c20-19(21,22)16-7-14-17(24-10-25-18(14)26-16)23-8-15-12(9-27)6-5-11-3-1-2-4-13(11)15/h1-4,7-8,10,12,15,27H,5-6,9H2,(H,24,25,26)/t12-,15?/m1/s1. The lowest BCUT2D eigenvalue weighted by atomic mass is 9.76. The van der Waals surface area contributed by atoms with Crippen molar-refractivity contribution in [2.24, 2.45) is 10.9 Å². The topological polar surface area (TPSA) is 74.2 Å². The van der Waals surface area contributed by atoms with E-state index in [2.05, 4.69) is 26.0 Å². The third-order valence-corrected chi connectivity index (χ3v) is 5.01. The summed E-state index contributed by atoms with van der Waals surface area (Å²) in [6.07, 6.45) is 0.0822. The first-order chi connectivity index (χ1) is 13.0. The SMILES string of the molecule is OC[C@H]1CCc2ccccc2C1C=Nc1ncnc2[nH]c(C(F)(F)F)cc12. The number of aliphatic hydroxyl groups excluding tert-OH is 1. The van der Waals surface area contributed by atoms with Crippen LogP contribution in [0.25, 0.3) is 11.0 Å². The van der Waals surface area contributed by atoms with E-state index in [1.54, 1.807) is 6.21 Å². The Bertz CT molecular complexity index is 996. The van der Waals surface area contributed by atoms with Gasteiger partial charge in [0.15, 0.2) is 5.82 Å². The Labute approximate surface area is 153 Å². The quantitative estimate of drug-likeness (QED) is 0.680. The molecule has 0 bridgehead atoms. The summed E-state index contributed by atoms with van der Waals surface area (Å²) in [4.78, 5) is 14.5. The van der Waals surface area contributed by atoms with Gasteiger partial charge in [0, 0.05) is 18.7 Å². The van der Waals surface area contributed by atoms with E-state index in [0.717, 1.165) is 24.5 Å². The smallest absolute Gasteiger partial charge is 0.396 e. The summed E-state index contributed by atoms with van der Waals surface area (Å²) < 4.78 is 38.9. The Morgan fingerprint density at radius 3 is 2.85 bits per heavy atom. The minimum absolute atomic E-state index is 0.0120. The molecule has 1 unspecified atom stereocenters. The number of aliphatic imine (C=N–C) groups is 1. The predicted molar refractivity (Wildman–Crippen MR) is 95.1 cm³/mol. The van der Waals surface area contributed by atoms with Crippen molar-refractivity contribution in [2.45, 2.75) is 24.9 Å². The van der Waals surface area contributed by atoms with Gasteiger partial charge in [-0.15, -0.1) is 0 Å². The Balaban J connectivity index is 1.73. The number of aliphatic hydroxyl groups is 1. The molecule has 27 heavy (non-hydrogen) atoms. The van der Waals surface area contributed by atoms with Crippen molar-refractivity contribution in [1.82, 2.24) is 15.0 Å². The molecule has 5 nitrogen and oxygen atoms in total. The van der Waals surface area contributed by atoms with Gasteiger partial charge in [-0.25, -0.2) is 15.0 Å². The molecule has 4 rings (SSSR count). The maximum absolute atomic E-state index is 13.0. The number of hydrogen-bond donors (Lipinski definition) is 2. The van der Waals surface area contributed by atoms with Gasteiger partial charge >= 0.3 is 6.18 Å². The van der Waals surface area contributed by atoms with Crippen LogP contribution in [0.4, 0.5) is 19.0 Å². The predicted octanol–water partition coefficient (Wildman–Crippen LogP) is 4.02. The average Bonchev–Trinajstić information content (AvgIpc) is 3.11. The summed E-state index contributed by atoms with van der Waals surface area (Å²) in [6, 6.07) is 8.93. The largest absolute Gasteiger partial charge is 0.431 e. The van der Waals surface area contributed by atoms with Crippen molar-refractivity contribution in [3.8, 4) is 0 Å². The number of alkyl halides is 3. The molecule has 2 heterocycles. The third kappa shape index (κ3) is 3.32. The zero-order valence-corrected chi connectivity index (χ0v) is 14.2. The number of nitrogens with one attached hydrogen (secondary N) is 1. The number of nitrogens with zero attached hydrogens (tertiary/aromatic N) is 3. The molecule has 140 valence electrons. The van der Waals surface area contributed by atoms with E-state index in [0.29, 0.717) is 0 Å². The van der Waals surface area contributed by atoms with Gasteiger partial charge in [0.25, 0.3) is 0 Å². The summed E-state index contributed by atoms with van der Waals surface area (Å²) in [5.74, 6) is 0.0652. The van der Waals surface area contributed by atoms with Gasteiger partial charge in [-0.3, -0.25) is 0 Å². The highest BCUT2D eigenvalue weighted by Crippen LogP contribution is 2.36. The summed E-state index contributed by atoms with van der Waals surface area (Å²) >= 11 is 0. The van der Waals surface area contributed by atoms with Crippen LogP contribution in [0, 0.1) is 5.92 Å². The van der Waals surface area contributed by atoms with Crippen LogP contribution < -0.4 is 0 Å². The molecule has 0 amide bonds. The number of fused-ring (bicyclic) bond motifs is 2. The Hall–Kier alpha value is -2.74. The molecule has 3 aromatic rings. The number of aromatic nitrogens is 3. The first-order valence-electron chi connectivity index (χ1n) is 8.61. The second-order valence-electron chi connectivity index (χ2n) is 6.62. The molecule has 0 spiro atoms. The van der Waals surface area contributed by atoms with Crippen LogP contribution in [0.3, 0.4) is 0 Å². The normalized spacial score (nSPS) is 20.3. The lowest BCUT2D eigenvalue weighted by molar-refractivity contribution is -0.140. The van der Waals surface area contributed by atoms with Crippen molar-refractivity contribution in [3.05, 3.63) is 53.5 Å². The van der Waals surface area contributed by atoms with Crippen molar-refractivity contribution in [1.29, 1.82) is 0 Å². The molecule has 2 N–H and O–H groups in total. The van der Waals surface area contributed by atoms with Crippen molar-refractivity contribution < 1.29 is 18.3 Å². The molecule has 1 aliphatic carbocycles. The third-order valence-electron chi connectivity index (χ3n) is 5.01. The molecule has 0 radical (unpaired) electrons. The van der Waals surface area contributed by atoms with Gasteiger partial charge in [0.1, 0.15) is 17.7 Å². The number of hydrogen-bond acceptors (Lipinski definition) is 4. The maximum atomic E-state index is 13.0. The van der Waals surface area contributed by atoms with Crippen LogP contribution >= 0.6 is 0 Å². The number of rotatable bonds is 3. The van der Waals surface area contributed by atoms with Gasteiger partial charge in [-0.2, -0.15) is 13.2 Å². The van der Waals surface area contributed by atoms with Crippen molar-refractivity contribution >= 4 is 23.1 Å².